The molecule has 0 fully saturated rings. The number of hydrogen-bond donors (Lipinski definition) is 0. The summed E-state index contributed by atoms with van der Waals surface area (Å²) in [5, 5.41) is 0. The summed E-state index contributed by atoms with van der Waals surface area (Å²) < 4.78 is 11.1. The first-order valence-electron chi connectivity index (χ1n) is 10.3. The molecule has 0 bridgehead atoms. The number of carbonyl (C=O) groups is 1. The smallest absolute Gasteiger partial charge is 0.189 e. The quantitative estimate of drug-likeness (QED) is 0.341. The number of ketones is 1. The van der Waals surface area contributed by atoms with E-state index < -0.39 is 0 Å². The van der Waals surface area contributed by atoms with Crippen LogP contribution < -0.4 is 9.47 Å². The van der Waals surface area contributed by atoms with Crippen molar-refractivity contribution >= 4 is 11.9 Å². The van der Waals surface area contributed by atoms with Gasteiger partial charge in [-0.15, -0.1) is 0 Å². The third kappa shape index (κ3) is 6.06. The monoisotopic (exact) mass is 415 g/mol. The van der Waals surface area contributed by atoms with Crippen molar-refractivity contribution in [3.8, 4) is 22.6 Å². The molecule has 0 heterocycles. The number of ether oxygens (including phenoxy) is 2. The van der Waals surface area contributed by atoms with Gasteiger partial charge in [0, 0.05) is 6.54 Å². The van der Waals surface area contributed by atoms with E-state index in [4.69, 9.17) is 9.47 Å². The van der Waals surface area contributed by atoms with Crippen LogP contribution in [-0.4, -0.2) is 45.0 Å². The van der Waals surface area contributed by atoms with E-state index in [1.54, 1.807) is 13.2 Å². The van der Waals surface area contributed by atoms with Crippen molar-refractivity contribution in [3.05, 3.63) is 89.5 Å². The van der Waals surface area contributed by atoms with Crippen LogP contribution in [0.25, 0.3) is 17.2 Å². The fourth-order valence-electron chi connectivity index (χ4n) is 3.23. The summed E-state index contributed by atoms with van der Waals surface area (Å²) in [7, 11) is 5.62. The second-order valence-corrected chi connectivity index (χ2v) is 7.65. The number of benzene rings is 3. The van der Waals surface area contributed by atoms with Crippen molar-refractivity contribution in [1.29, 1.82) is 0 Å². The largest absolute Gasteiger partial charge is 0.497 e. The van der Waals surface area contributed by atoms with Crippen molar-refractivity contribution in [1.82, 2.24) is 4.90 Å². The van der Waals surface area contributed by atoms with Gasteiger partial charge < -0.3 is 14.4 Å². The van der Waals surface area contributed by atoms with Crippen LogP contribution in [0.1, 0.15) is 21.5 Å². The van der Waals surface area contributed by atoms with Gasteiger partial charge in [-0.05, 0) is 73.6 Å². The number of allylic oxidation sites excluding steroid dienone is 1. The van der Waals surface area contributed by atoms with Crippen molar-refractivity contribution in [2.75, 3.05) is 34.4 Å². The number of likely N-dealkylation sites (N-methyl/N-ethyl adjacent to an activating group) is 1. The normalized spacial score (nSPS) is 11.1. The fourth-order valence-corrected chi connectivity index (χ4v) is 3.23. The zero-order valence-corrected chi connectivity index (χ0v) is 18.6. The fraction of sp³-hybridized carbons (Fsp3) is 0.222. The van der Waals surface area contributed by atoms with E-state index in [0.717, 1.165) is 34.5 Å². The van der Waals surface area contributed by atoms with Crippen molar-refractivity contribution in [2.45, 2.75) is 6.92 Å². The van der Waals surface area contributed by atoms with E-state index >= 15 is 0 Å². The van der Waals surface area contributed by atoms with E-state index in [1.807, 2.05) is 79.7 Å². The highest BCUT2D eigenvalue weighted by atomic mass is 16.5. The number of aryl methyl sites for hydroxylation is 1. The lowest BCUT2D eigenvalue weighted by Crippen LogP contribution is -2.20. The standard InChI is InChI=1S/C27H29NO3/c1-20-7-5-6-8-24(20)22-12-16-27(31-18-17-28(2)3)25(19-22)26(29)15-11-21-9-13-23(30-4)14-10-21/h5-16,19H,17-18H2,1-4H3. The van der Waals surface area contributed by atoms with E-state index in [2.05, 4.69) is 19.1 Å². The van der Waals surface area contributed by atoms with E-state index in [-0.39, 0.29) is 5.78 Å². The molecule has 160 valence electrons. The zero-order valence-electron chi connectivity index (χ0n) is 18.6. The van der Waals surface area contributed by atoms with Crippen LogP contribution in [0.5, 0.6) is 11.5 Å². The van der Waals surface area contributed by atoms with Crippen molar-refractivity contribution in [3.63, 3.8) is 0 Å². The highest BCUT2D eigenvalue weighted by Gasteiger charge is 2.13. The minimum atomic E-state index is -0.0916. The number of methoxy groups -OCH3 is 1. The van der Waals surface area contributed by atoms with Crippen LogP contribution in [0.4, 0.5) is 0 Å². The van der Waals surface area contributed by atoms with Crippen LogP contribution >= 0.6 is 0 Å². The molecule has 0 unspecified atom stereocenters. The Balaban J connectivity index is 1.91. The summed E-state index contributed by atoms with van der Waals surface area (Å²) >= 11 is 0. The Morgan fingerprint density at radius 2 is 1.74 bits per heavy atom. The molecule has 0 saturated heterocycles. The zero-order chi connectivity index (χ0) is 22.2. The van der Waals surface area contributed by atoms with Gasteiger partial charge in [-0.25, -0.2) is 0 Å². The molecule has 3 aromatic rings. The molecule has 3 aromatic carbocycles. The maximum atomic E-state index is 13.1. The maximum absolute atomic E-state index is 13.1. The Bertz CT molecular complexity index is 1050. The Hall–Kier alpha value is -3.37. The summed E-state index contributed by atoms with van der Waals surface area (Å²) in [4.78, 5) is 15.2. The first kappa shape index (κ1) is 22.3. The lowest BCUT2D eigenvalue weighted by molar-refractivity contribution is 0.104. The summed E-state index contributed by atoms with van der Waals surface area (Å²) in [6, 6.07) is 21.6. The predicted octanol–water partition coefficient (Wildman–Crippen LogP) is 5.51. The van der Waals surface area contributed by atoms with Crippen LogP contribution in [0, 0.1) is 6.92 Å². The Labute approximate surface area is 184 Å². The van der Waals surface area contributed by atoms with Gasteiger partial charge in [-0.3, -0.25) is 4.79 Å². The molecule has 0 atom stereocenters. The van der Waals surface area contributed by atoms with E-state index in [9.17, 15) is 4.79 Å². The van der Waals surface area contributed by atoms with Crippen LogP contribution in [-0.2, 0) is 0 Å². The Morgan fingerprint density at radius 1 is 1.00 bits per heavy atom. The molecule has 0 saturated carbocycles. The summed E-state index contributed by atoms with van der Waals surface area (Å²) in [6.45, 7) is 3.36. The average molecular weight is 416 g/mol. The highest BCUT2D eigenvalue weighted by Crippen LogP contribution is 2.29. The summed E-state index contributed by atoms with van der Waals surface area (Å²) in [5.41, 5.74) is 4.76. The predicted molar refractivity (Wildman–Crippen MR) is 127 cm³/mol. The van der Waals surface area contributed by atoms with Crippen LogP contribution in [0.2, 0.25) is 0 Å². The summed E-state index contributed by atoms with van der Waals surface area (Å²) in [6.07, 6.45) is 3.41. The van der Waals surface area contributed by atoms with Crippen molar-refractivity contribution < 1.29 is 14.3 Å². The second kappa shape index (κ2) is 10.6. The molecule has 0 amide bonds. The number of hydrogen-bond acceptors (Lipinski definition) is 4. The van der Waals surface area contributed by atoms with Crippen LogP contribution in [0.3, 0.4) is 0 Å². The van der Waals surface area contributed by atoms with Crippen LogP contribution in [0.15, 0.2) is 72.8 Å². The first-order valence-corrected chi connectivity index (χ1v) is 10.3. The molecule has 0 aliphatic carbocycles. The molecule has 3 rings (SSSR count). The van der Waals surface area contributed by atoms with E-state index in [0.29, 0.717) is 17.9 Å². The van der Waals surface area contributed by atoms with Gasteiger partial charge in [0.2, 0.25) is 0 Å². The van der Waals surface area contributed by atoms with Gasteiger partial charge in [-0.2, -0.15) is 0 Å². The number of nitrogens with zero attached hydrogens (tertiary/aromatic N) is 1. The molecule has 0 aliphatic heterocycles. The Kier molecular flexibility index (Phi) is 7.63. The molecule has 0 aromatic heterocycles. The molecule has 0 spiro atoms. The molecule has 0 aliphatic rings. The topological polar surface area (TPSA) is 38.8 Å². The van der Waals surface area contributed by atoms with Gasteiger partial charge in [0.15, 0.2) is 5.78 Å². The Morgan fingerprint density at radius 3 is 2.42 bits per heavy atom. The molecular weight excluding hydrogens is 386 g/mol. The van der Waals surface area contributed by atoms with Gasteiger partial charge in [0.1, 0.15) is 18.1 Å². The number of carbonyl (C=O) groups excluding carboxylic acids is 1. The molecule has 4 nitrogen and oxygen atoms in total. The molecule has 0 radical (unpaired) electrons. The van der Waals surface area contributed by atoms with Gasteiger partial charge >= 0.3 is 0 Å². The lowest BCUT2D eigenvalue weighted by atomic mass is 9.97. The van der Waals surface area contributed by atoms with Gasteiger partial charge in [0.25, 0.3) is 0 Å². The maximum Gasteiger partial charge on any atom is 0.189 e. The minimum Gasteiger partial charge on any atom is -0.497 e. The van der Waals surface area contributed by atoms with E-state index in [1.165, 1.54) is 0 Å². The molecule has 0 N–H and O–H groups in total. The minimum absolute atomic E-state index is 0.0916. The van der Waals surface area contributed by atoms with Crippen molar-refractivity contribution in [2.24, 2.45) is 0 Å². The van der Waals surface area contributed by atoms with Gasteiger partial charge in [-0.1, -0.05) is 48.5 Å². The third-order valence-corrected chi connectivity index (χ3v) is 5.04. The lowest BCUT2D eigenvalue weighted by Gasteiger charge is -2.15. The van der Waals surface area contributed by atoms with Gasteiger partial charge in [0.05, 0.1) is 12.7 Å². The summed E-state index contributed by atoms with van der Waals surface area (Å²) in [5.74, 6) is 1.29. The SMILES string of the molecule is COc1ccc(C=CC(=O)c2cc(-c3ccccc3C)ccc2OCCN(C)C)cc1. The average Bonchev–Trinajstić information content (AvgIpc) is 2.78. The third-order valence-electron chi connectivity index (χ3n) is 5.04. The highest BCUT2D eigenvalue weighted by molar-refractivity contribution is 6.09. The number of rotatable bonds is 9. The molecule has 4 heteroatoms. The molecule has 31 heavy (non-hydrogen) atoms. The first-order chi connectivity index (χ1) is 15.0. The second-order valence-electron chi connectivity index (χ2n) is 7.65. The molecular formula is C27H29NO3.